The lowest BCUT2D eigenvalue weighted by atomic mass is 9.92. The van der Waals surface area contributed by atoms with Gasteiger partial charge in [0.15, 0.2) is 10.8 Å². The lowest BCUT2D eigenvalue weighted by Crippen LogP contribution is -2.35. The second-order valence-electron chi connectivity index (χ2n) is 7.27. The summed E-state index contributed by atoms with van der Waals surface area (Å²) in [6.45, 7) is 9.07. The van der Waals surface area contributed by atoms with Crippen molar-refractivity contribution in [2.24, 2.45) is 0 Å². The van der Waals surface area contributed by atoms with E-state index in [4.69, 9.17) is 11.6 Å². The quantitative estimate of drug-likeness (QED) is 0.609. The Bertz CT molecular complexity index is 1020. The average Bonchev–Trinajstić information content (AvgIpc) is 2.61. The maximum Gasteiger partial charge on any atom is 0.333 e. The van der Waals surface area contributed by atoms with Gasteiger partial charge < -0.3 is 10.6 Å². The summed E-state index contributed by atoms with van der Waals surface area (Å²) in [5.41, 5.74) is 2.10. The van der Waals surface area contributed by atoms with E-state index in [1.54, 1.807) is 12.1 Å². The van der Waals surface area contributed by atoms with Gasteiger partial charge in [0.05, 0.1) is 0 Å². The van der Waals surface area contributed by atoms with E-state index in [1.807, 2.05) is 32.4 Å². The molecule has 0 aliphatic heterocycles. The molecular formula is C19H24ClN5O4S. The van der Waals surface area contributed by atoms with Crippen LogP contribution in [0.5, 0.6) is 0 Å². The topological polar surface area (TPSA) is 130 Å². The van der Waals surface area contributed by atoms with Crippen molar-refractivity contribution in [1.29, 1.82) is 0 Å². The first-order valence-electron chi connectivity index (χ1n) is 9.19. The Kier molecular flexibility index (Phi) is 7.38. The van der Waals surface area contributed by atoms with Crippen molar-refractivity contribution in [2.45, 2.75) is 51.5 Å². The number of benzene rings is 1. The predicted molar refractivity (Wildman–Crippen MR) is 115 cm³/mol. The van der Waals surface area contributed by atoms with Gasteiger partial charge in [-0.3, -0.25) is 4.79 Å². The number of nitrogens with one attached hydrogen (secondary N) is 3. The van der Waals surface area contributed by atoms with Gasteiger partial charge in [-0.2, -0.15) is 8.42 Å². The highest BCUT2D eigenvalue weighted by Gasteiger charge is 2.23. The van der Waals surface area contributed by atoms with Gasteiger partial charge in [-0.25, -0.2) is 9.52 Å². The minimum atomic E-state index is -4.27. The number of hydrogen-bond donors (Lipinski definition) is 3. The molecule has 0 unspecified atom stereocenters. The maximum atomic E-state index is 12.5. The van der Waals surface area contributed by atoms with Crippen LogP contribution in [0.25, 0.3) is 0 Å². The van der Waals surface area contributed by atoms with Gasteiger partial charge in [-0.1, -0.05) is 39.3 Å². The van der Waals surface area contributed by atoms with Gasteiger partial charge in [0.25, 0.3) is 10.0 Å². The number of hydrogen-bond acceptors (Lipinski definition) is 6. The monoisotopic (exact) mass is 453 g/mol. The molecule has 0 aliphatic rings. The van der Waals surface area contributed by atoms with E-state index in [0.717, 1.165) is 17.2 Å². The highest BCUT2D eigenvalue weighted by molar-refractivity contribution is 7.90. The highest BCUT2D eigenvalue weighted by atomic mass is 35.5. The molecule has 3 N–H and O–H groups in total. The third-order valence-corrected chi connectivity index (χ3v) is 5.53. The molecule has 3 amide bonds. The molecule has 0 fully saturated rings. The van der Waals surface area contributed by atoms with E-state index < -0.39 is 21.1 Å². The number of rotatable bonds is 6. The van der Waals surface area contributed by atoms with Gasteiger partial charge >= 0.3 is 6.03 Å². The normalized spacial score (nSPS) is 11.5. The molecule has 2 rings (SSSR count). The summed E-state index contributed by atoms with van der Waals surface area (Å²) in [5, 5.41) is 12.3. The first-order valence-corrected chi connectivity index (χ1v) is 11.0. The molecule has 0 bridgehead atoms. The predicted octanol–water partition coefficient (Wildman–Crippen LogP) is 3.85. The zero-order chi connectivity index (χ0) is 22.6. The second-order valence-corrected chi connectivity index (χ2v) is 9.33. The fourth-order valence-corrected chi connectivity index (χ4v) is 3.76. The van der Waals surface area contributed by atoms with Crippen LogP contribution in [-0.4, -0.2) is 30.6 Å². The lowest BCUT2D eigenvalue weighted by Gasteiger charge is -2.21. The molecule has 0 aliphatic carbocycles. The van der Waals surface area contributed by atoms with E-state index in [9.17, 15) is 18.0 Å². The summed E-state index contributed by atoms with van der Waals surface area (Å²) in [6, 6.07) is 4.96. The van der Waals surface area contributed by atoms with Crippen LogP contribution in [0.15, 0.2) is 29.3 Å². The molecule has 162 valence electrons. The Morgan fingerprint density at radius 1 is 0.967 bits per heavy atom. The summed E-state index contributed by atoms with van der Waals surface area (Å²) in [4.78, 5) is 23.5. The molecule has 0 radical (unpaired) electrons. The van der Waals surface area contributed by atoms with E-state index in [1.165, 1.54) is 13.0 Å². The second kappa shape index (κ2) is 9.40. The van der Waals surface area contributed by atoms with Gasteiger partial charge in [-0.15, -0.1) is 10.2 Å². The summed E-state index contributed by atoms with van der Waals surface area (Å²) < 4.78 is 26.9. The summed E-state index contributed by atoms with van der Waals surface area (Å²) in [5.74, 6) is -0.196. The van der Waals surface area contributed by atoms with Gasteiger partial charge in [0.2, 0.25) is 5.91 Å². The van der Waals surface area contributed by atoms with Crippen molar-refractivity contribution in [3.63, 3.8) is 0 Å². The van der Waals surface area contributed by atoms with E-state index in [0.29, 0.717) is 10.7 Å². The lowest BCUT2D eigenvalue weighted by molar-refractivity contribution is -0.114. The van der Waals surface area contributed by atoms with Crippen molar-refractivity contribution in [3.8, 4) is 0 Å². The largest absolute Gasteiger partial charge is 0.333 e. The highest BCUT2D eigenvalue weighted by Crippen LogP contribution is 2.35. The Labute approximate surface area is 180 Å². The molecule has 0 atom stereocenters. The molecule has 9 nitrogen and oxygen atoms in total. The first kappa shape index (κ1) is 23.6. The first-order chi connectivity index (χ1) is 13.9. The summed E-state index contributed by atoms with van der Waals surface area (Å²) in [6.07, 6.45) is 0. The van der Waals surface area contributed by atoms with Crippen LogP contribution in [0.2, 0.25) is 5.02 Å². The van der Waals surface area contributed by atoms with Crippen molar-refractivity contribution in [1.82, 2.24) is 14.9 Å². The number of anilines is 2. The fourth-order valence-electron chi connectivity index (χ4n) is 2.73. The number of nitrogens with zero attached hydrogens (tertiary/aromatic N) is 2. The van der Waals surface area contributed by atoms with E-state index in [2.05, 4.69) is 20.8 Å². The summed E-state index contributed by atoms with van der Waals surface area (Å²) >= 11 is 6.21. The molecule has 1 aromatic heterocycles. The van der Waals surface area contributed by atoms with Gasteiger partial charge in [0, 0.05) is 17.6 Å². The molecule has 0 saturated carbocycles. The molecule has 2 aromatic rings. The Morgan fingerprint density at radius 3 is 1.97 bits per heavy atom. The minimum absolute atomic E-state index is 0.0419. The van der Waals surface area contributed by atoms with Crippen LogP contribution in [0, 0.1) is 0 Å². The molecule has 0 saturated heterocycles. The summed E-state index contributed by atoms with van der Waals surface area (Å²) in [7, 11) is -4.27. The minimum Gasteiger partial charge on any atom is -0.309 e. The molecular weight excluding hydrogens is 430 g/mol. The standard InChI is InChI=1S/C19H24ClN5O4S/c1-10(2)14-8-13(20)9-15(11(3)4)18(14)22-19(27)25-30(28,29)17-7-6-16(23-24-17)21-12(5)26/h6-11H,1-5H3,(H,21,23,26)(H2,22,25,27). The smallest absolute Gasteiger partial charge is 0.309 e. The third kappa shape index (κ3) is 5.90. The number of carbonyl (C=O) groups excluding carboxylic acids is 2. The van der Waals surface area contributed by atoms with Crippen molar-refractivity contribution < 1.29 is 18.0 Å². The molecule has 1 heterocycles. The number of sulfonamides is 1. The average molecular weight is 454 g/mol. The number of urea groups is 1. The molecule has 30 heavy (non-hydrogen) atoms. The van der Waals surface area contributed by atoms with Crippen LogP contribution in [0.4, 0.5) is 16.3 Å². The van der Waals surface area contributed by atoms with Crippen molar-refractivity contribution >= 4 is 45.1 Å². The third-order valence-electron chi connectivity index (χ3n) is 4.09. The molecule has 0 spiro atoms. The molecule has 1 aromatic carbocycles. The Morgan fingerprint density at radius 2 is 1.53 bits per heavy atom. The Hall–Kier alpha value is -2.72. The zero-order valence-electron chi connectivity index (χ0n) is 17.3. The Balaban J connectivity index is 2.27. The number of amides is 3. The fraction of sp³-hybridized carbons (Fsp3) is 0.368. The zero-order valence-corrected chi connectivity index (χ0v) is 18.9. The van der Waals surface area contributed by atoms with Gasteiger partial charge in [-0.05, 0) is 47.2 Å². The van der Waals surface area contributed by atoms with Crippen molar-refractivity contribution in [2.75, 3.05) is 10.6 Å². The van der Waals surface area contributed by atoms with Crippen LogP contribution >= 0.6 is 11.6 Å². The number of aromatic nitrogens is 2. The number of halogens is 1. The van der Waals surface area contributed by atoms with Crippen LogP contribution < -0.4 is 15.4 Å². The van der Waals surface area contributed by atoms with Crippen LogP contribution in [0.3, 0.4) is 0 Å². The van der Waals surface area contributed by atoms with Crippen LogP contribution in [0.1, 0.15) is 57.6 Å². The van der Waals surface area contributed by atoms with Gasteiger partial charge in [0.1, 0.15) is 0 Å². The maximum absolute atomic E-state index is 12.5. The van der Waals surface area contributed by atoms with Crippen LogP contribution in [-0.2, 0) is 14.8 Å². The molecule has 11 heteroatoms. The van der Waals surface area contributed by atoms with E-state index >= 15 is 0 Å². The SMILES string of the molecule is CC(=O)Nc1ccc(S(=O)(=O)NC(=O)Nc2c(C(C)C)cc(Cl)cc2C(C)C)nn1. The van der Waals surface area contributed by atoms with Crippen molar-refractivity contribution in [3.05, 3.63) is 40.4 Å². The van der Waals surface area contributed by atoms with E-state index in [-0.39, 0.29) is 23.6 Å². The number of carbonyl (C=O) groups is 2.